The van der Waals surface area contributed by atoms with E-state index in [2.05, 4.69) is 17.0 Å². The van der Waals surface area contributed by atoms with Crippen LogP contribution in [0.3, 0.4) is 0 Å². The Morgan fingerprint density at radius 1 is 0.738 bits per heavy atom. The maximum absolute atomic E-state index is 14.7. The number of aromatic nitrogens is 1. The summed E-state index contributed by atoms with van der Waals surface area (Å²) in [5, 5.41) is -0.233. The van der Waals surface area contributed by atoms with Crippen molar-refractivity contribution in [2.24, 2.45) is 0 Å². The summed E-state index contributed by atoms with van der Waals surface area (Å²) in [5.74, 6) is -0.270. The SMILES string of the molecule is Cc1ccc(S(=O)(=O)[C@@H]2c3c(n(S(=O)(=O)c4ccccc4)c4ccccc34)[C@@H]3CCCN(Cc4ccccc4)[C@H]23)cc1. The number of hydrogen-bond acceptors (Lipinski definition) is 5. The zero-order valence-corrected chi connectivity index (χ0v) is 24.9. The maximum atomic E-state index is 14.7. The van der Waals surface area contributed by atoms with E-state index in [1.54, 1.807) is 48.5 Å². The molecule has 4 aromatic carbocycles. The first-order valence-electron chi connectivity index (χ1n) is 14.3. The van der Waals surface area contributed by atoms with Crippen molar-refractivity contribution >= 4 is 30.8 Å². The highest BCUT2D eigenvalue weighted by atomic mass is 32.2. The quantitative estimate of drug-likeness (QED) is 0.225. The number of aryl methyl sites for hydroxylation is 1. The molecular formula is C34H32N2O4S2. The van der Waals surface area contributed by atoms with Crippen LogP contribution in [0.2, 0.25) is 0 Å². The Morgan fingerprint density at radius 2 is 1.38 bits per heavy atom. The van der Waals surface area contributed by atoms with Gasteiger partial charge < -0.3 is 0 Å². The molecule has 1 fully saturated rings. The van der Waals surface area contributed by atoms with E-state index in [4.69, 9.17) is 0 Å². The van der Waals surface area contributed by atoms with Gasteiger partial charge in [0.05, 0.1) is 15.3 Å². The number of piperidine rings is 1. The Balaban J connectivity index is 1.51. The molecule has 8 heteroatoms. The van der Waals surface area contributed by atoms with Gasteiger partial charge in [-0.25, -0.2) is 20.8 Å². The van der Waals surface area contributed by atoms with Crippen LogP contribution in [0.1, 0.15) is 46.4 Å². The summed E-state index contributed by atoms with van der Waals surface area (Å²) in [6.07, 6.45) is 1.56. The lowest BCUT2D eigenvalue weighted by atomic mass is 9.90. The number of likely N-dealkylation sites (tertiary alicyclic amines) is 1. The van der Waals surface area contributed by atoms with Crippen LogP contribution >= 0.6 is 0 Å². The highest BCUT2D eigenvalue weighted by Crippen LogP contribution is 2.56. The van der Waals surface area contributed by atoms with Gasteiger partial charge in [0.25, 0.3) is 10.0 Å². The Labute approximate surface area is 247 Å². The molecule has 214 valence electrons. The molecule has 0 unspecified atom stereocenters. The summed E-state index contributed by atoms with van der Waals surface area (Å²) >= 11 is 0. The molecule has 1 saturated heterocycles. The fraction of sp³-hybridized carbons (Fsp3) is 0.235. The lowest BCUT2D eigenvalue weighted by Gasteiger charge is -2.41. The molecule has 2 heterocycles. The molecule has 0 bridgehead atoms. The molecular weight excluding hydrogens is 565 g/mol. The molecule has 3 atom stereocenters. The fourth-order valence-corrected chi connectivity index (χ4v) is 10.8. The summed E-state index contributed by atoms with van der Waals surface area (Å²) in [6, 6.07) is 32.5. The lowest BCUT2D eigenvalue weighted by molar-refractivity contribution is 0.123. The number of nitrogens with zero attached hydrogens (tertiary/aromatic N) is 2. The topological polar surface area (TPSA) is 76.5 Å². The van der Waals surface area contributed by atoms with E-state index in [0.29, 0.717) is 35.1 Å². The molecule has 0 N–H and O–H groups in total. The zero-order valence-electron chi connectivity index (χ0n) is 23.3. The maximum Gasteiger partial charge on any atom is 0.268 e. The highest BCUT2D eigenvalue weighted by Gasteiger charge is 2.55. The predicted molar refractivity (Wildman–Crippen MR) is 165 cm³/mol. The van der Waals surface area contributed by atoms with Crippen LogP contribution in [-0.2, 0) is 26.4 Å². The van der Waals surface area contributed by atoms with Crippen molar-refractivity contribution in [1.29, 1.82) is 0 Å². The zero-order chi connectivity index (χ0) is 29.1. The first-order chi connectivity index (χ1) is 20.3. The number of fused-ring (bicyclic) bond motifs is 5. The van der Waals surface area contributed by atoms with Crippen LogP contribution in [0, 0.1) is 6.92 Å². The number of benzene rings is 4. The van der Waals surface area contributed by atoms with Crippen molar-refractivity contribution in [3.8, 4) is 0 Å². The number of hydrogen-bond donors (Lipinski definition) is 0. The minimum absolute atomic E-state index is 0.187. The molecule has 5 aromatic rings. The van der Waals surface area contributed by atoms with E-state index >= 15 is 0 Å². The second kappa shape index (κ2) is 10.2. The number of rotatable bonds is 6. The van der Waals surface area contributed by atoms with Crippen molar-refractivity contribution in [2.45, 2.75) is 53.3 Å². The van der Waals surface area contributed by atoms with Gasteiger partial charge in [0.2, 0.25) is 0 Å². The predicted octanol–water partition coefficient (Wildman–Crippen LogP) is 6.46. The fourth-order valence-electron chi connectivity index (χ4n) is 7.04. The molecule has 6 nitrogen and oxygen atoms in total. The first-order valence-corrected chi connectivity index (χ1v) is 17.3. The Kier molecular flexibility index (Phi) is 6.60. The van der Waals surface area contributed by atoms with E-state index in [1.165, 1.54) is 3.97 Å². The van der Waals surface area contributed by atoms with Crippen molar-refractivity contribution in [3.63, 3.8) is 0 Å². The highest BCUT2D eigenvalue weighted by molar-refractivity contribution is 7.92. The van der Waals surface area contributed by atoms with Crippen molar-refractivity contribution < 1.29 is 16.8 Å². The largest absolute Gasteiger partial charge is 0.294 e. The van der Waals surface area contributed by atoms with E-state index in [0.717, 1.165) is 24.1 Å². The molecule has 0 radical (unpaired) electrons. The van der Waals surface area contributed by atoms with Crippen LogP contribution in [0.4, 0.5) is 0 Å². The van der Waals surface area contributed by atoms with Crippen molar-refractivity contribution in [3.05, 3.63) is 132 Å². The van der Waals surface area contributed by atoms with Gasteiger partial charge in [0, 0.05) is 35.1 Å². The summed E-state index contributed by atoms with van der Waals surface area (Å²) in [6.45, 7) is 3.27. The summed E-state index contributed by atoms with van der Waals surface area (Å²) in [5.41, 5.74) is 3.84. The average Bonchev–Trinajstić information content (AvgIpc) is 3.52. The summed E-state index contributed by atoms with van der Waals surface area (Å²) < 4.78 is 59.7. The van der Waals surface area contributed by atoms with Crippen LogP contribution in [-0.4, -0.2) is 38.3 Å². The third-order valence-corrected chi connectivity index (χ3v) is 12.7. The van der Waals surface area contributed by atoms with Gasteiger partial charge in [0.15, 0.2) is 9.84 Å². The van der Waals surface area contributed by atoms with Gasteiger partial charge in [-0.2, -0.15) is 0 Å². The monoisotopic (exact) mass is 596 g/mol. The number of sulfone groups is 1. The second-order valence-electron chi connectivity index (χ2n) is 11.4. The second-order valence-corrected chi connectivity index (χ2v) is 15.2. The van der Waals surface area contributed by atoms with Crippen molar-refractivity contribution in [1.82, 2.24) is 8.87 Å². The third kappa shape index (κ3) is 4.23. The normalized spacial score (nSPS) is 20.8. The van der Waals surface area contributed by atoms with Crippen LogP contribution in [0.15, 0.2) is 119 Å². The third-order valence-electron chi connectivity index (χ3n) is 8.84. The summed E-state index contributed by atoms with van der Waals surface area (Å²) in [4.78, 5) is 2.72. The molecule has 0 amide bonds. The Bertz CT molecular complexity index is 1990. The van der Waals surface area contributed by atoms with Gasteiger partial charge in [0.1, 0.15) is 5.25 Å². The van der Waals surface area contributed by atoms with Gasteiger partial charge in [-0.15, -0.1) is 0 Å². The molecule has 42 heavy (non-hydrogen) atoms. The van der Waals surface area contributed by atoms with Gasteiger partial charge in [-0.05, 0) is 62.2 Å². The van der Waals surface area contributed by atoms with E-state index in [1.807, 2.05) is 55.5 Å². The molecule has 1 aromatic heterocycles. The average molecular weight is 597 g/mol. The smallest absolute Gasteiger partial charge is 0.268 e. The molecule has 0 saturated carbocycles. The number of para-hydroxylation sites is 1. The molecule has 0 spiro atoms. The lowest BCUT2D eigenvalue weighted by Crippen LogP contribution is -2.46. The molecule has 1 aliphatic carbocycles. The minimum Gasteiger partial charge on any atom is -0.294 e. The van der Waals surface area contributed by atoms with E-state index in [-0.39, 0.29) is 15.7 Å². The van der Waals surface area contributed by atoms with Gasteiger partial charge in [-0.1, -0.05) is 84.4 Å². The summed E-state index contributed by atoms with van der Waals surface area (Å²) in [7, 11) is -7.91. The van der Waals surface area contributed by atoms with Crippen LogP contribution in [0.5, 0.6) is 0 Å². The molecule has 1 aliphatic heterocycles. The van der Waals surface area contributed by atoms with Crippen molar-refractivity contribution in [2.75, 3.05) is 6.54 Å². The first kappa shape index (κ1) is 27.1. The Morgan fingerprint density at radius 3 is 2.10 bits per heavy atom. The standard InChI is InChI=1S/C34H32N2O4S2/c1-24-18-20-26(21-19-24)41(37,38)34-31-28-15-8-9-17-30(28)36(42(39,40)27-13-6-3-7-14-27)32(31)29-16-10-22-35(33(29)34)23-25-11-4-2-5-12-25/h2-9,11-15,17-21,29,33-34H,10,16,22-23H2,1H3/t29-,33-,34+/m0/s1. The van der Waals surface area contributed by atoms with Gasteiger partial charge in [-0.3, -0.25) is 4.90 Å². The van der Waals surface area contributed by atoms with E-state index < -0.39 is 31.2 Å². The Hall–Kier alpha value is -3.72. The molecule has 7 rings (SSSR count). The minimum atomic E-state index is -4.01. The van der Waals surface area contributed by atoms with Gasteiger partial charge >= 0.3 is 0 Å². The van der Waals surface area contributed by atoms with Crippen LogP contribution in [0.25, 0.3) is 10.9 Å². The van der Waals surface area contributed by atoms with E-state index in [9.17, 15) is 16.8 Å². The molecule has 2 aliphatic rings. The van der Waals surface area contributed by atoms with Crippen LogP contribution < -0.4 is 0 Å².